The number of anilines is 1. The van der Waals surface area contributed by atoms with Gasteiger partial charge >= 0.3 is 0 Å². The highest BCUT2D eigenvalue weighted by atomic mass is 35.5. The number of amides is 1. The molecule has 0 unspecified atom stereocenters. The first-order chi connectivity index (χ1) is 11.5. The van der Waals surface area contributed by atoms with Crippen LogP contribution in [0.1, 0.15) is 6.92 Å². The lowest BCUT2D eigenvalue weighted by Gasteiger charge is -2.12. The summed E-state index contributed by atoms with van der Waals surface area (Å²) in [5.41, 5.74) is 1.37. The Morgan fingerprint density at radius 1 is 1.12 bits per heavy atom. The van der Waals surface area contributed by atoms with E-state index in [9.17, 15) is 4.79 Å². The summed E-state index contributed by atoms with van der Waals surface area (Å²) in [6.07, 6.45) is 1.67. The van der Waals surface area contributed by atoms with Gasteiger partial charge in [0.05, 0.1) is 12.6 Å². The smallest absolute Gasteiger partial charge is 0.221 e. The zero-order valence-corrected chi connectivity index (χ0v) is 13.9. The fraction of sp³-hybridized carbons (Fsp3) is 0.111. The van der Waals surface area contributed by atoms with E-state index < -0.39 is 0 Å². The Bertz CT molecular complexity index is 912. The highest BCUT2D eigenvalue weighted by Crippen LogP contribution is 2.33. The minimum atomic E-state index is -0.171. The molecule has 2 aromatic carbocycles. The van der Waals surface area contributed by atoms with E-state index in [1.54, 1.807) is 49.7 Å². The van der Waals surface area contributed by atoms with Crippen molar-refractivity contribution >= 4 is 34.1 Å². The average Bonchev–Trinajstić information content (AvgIpc) is 2.54. The number of hydrogen-bond acceptors (Lipinski definition) is 4. The largest absolute Gasteiger partial charge is 0.497 e. The number of ether oxygens (including phenoxy) is 2. The molecule has 0 spiro atoms. The van der Waals surface area contributed by atoms with Crippen molar-refractivity contribution in [1.29, 1.82) is 0 Å². The maximum absolute atomic E-state index is 11.3. The van der Waals surface area contributed by atoms with Crippen LogP contribution in [0.15, 0.2) is 48.7 Å². The van der Waals surface area contributed by atoms with E-state index in [1.165, 1.54) is 6.92 Å². The molecule has 0 aliphatic heterocycles. The third-order valence-electron chi connectivity index (χ3n) is 3.33. The van der Waals surface area contributed by atoms with Crippen LogP contribution < -0.4 is 14.8 Å². The molecule has 1 aromatic heterocycles. The number of nitrogens with zero attached hydrogens (tertiary/aromatic N) is 1. The number of pyridine rings is 1. The van der Waals surface area contributed by atoms with Crippen LogP contribution in [0.4, 0.5) is 5.69 Å². The Hall–Kier alpha value is -2.79. The predicted molar refractivity (Wildman–Crippen MR) is 94.1 cm³/mol. The fourth-order valence-electron chi connectivity index (χ4n) is 2.33. The van der Waals surface area contributed by atoms with Crippen LogP contribution in [0.2, 0.25) is 5.02 Å². The van der Waals surface area contributed by atoms with E-state index in [-0.39, 0.29) is 5.91 Å². The third-order valence-corrected chi connectivity index (χ3v) is 3.56. The average molecular weight is 343 g/mol. The first-order valence-electron chi connectivity index (χ1n) is 7.24. The first kappa shape index (κ1) is 16.1. The summed E-state index contributed by atoms with van der Waals surface area (Å²) in [5.74, 6) is 1.55. The maximum atomic E-state index is 11.3. The first-order valence-corrected chi connectivity index (χ1v) is 7.62. The molecule has 0 aliphatic carbocycles. The number of nitrogens with one attached hydrogen (secondary N) is 1. The molecular formula is C18H15ClN2O3. The van der Waals surface area contributed by atoms with Gasteiger partial charge in [0.2, 0.25) is 5.91 Å². The van der Waals surface area contributed by atoms with Crippen molar-refractivity contribution in [1.82, 2.24) is 4.98 Å². The monoisotopic (exact) mass is 342 g/mol. The Kier molecular flexibility index (Phi) is 4.53. The highest BCUT2D eigenvalue weighted by molar-refractivity contribution is 6.31. The molecule has 0 saturated carbocycles. The third kappa shape index (κ3) is 3.58. The van der Waals surface area contributed by atoms with Crippen LogP contribution in [-0.4, -0.2) is 18.0 Å². The summed E-state index contributed by atoms with van der Waals surface area (Å²) < 4.78 is 11.2. The molecule has 24 heavy (non-hydrogen) atoms. The maximum Gasteiger partial charge on any atom is 0.221 e. The summed E-state index contributed by atoms with van der Waals surface area (Å²) in [6, 6.07) is 12.4. The highest BCUT2D eigenvalue weighted by Gasteiger charge is 2.08. The molecule has 1 N–H and O–H groups in total. The molecule has 0 radical (unpaired) electrons. The van der Waals surface area contributed by atoms with Gasteiger partial charge in [0.15, 0.2) is 0 Å². The van der Waals surface area contributed by atoms with Gasteiger partial charge in [-0.2, -0.15) is 0 Å². The number of carbonyl (C=O) groups excluding carboxylic acids is 1. The van der Waals surface area contributed by atoms with Gasteiger partial charge in [0.25, 0.3) is 0 Å². The Balaban J connectivity index is 2.01. The standard InChI is InChI=1S/C18H15ClN2O3/c1-11(22)21-13-8-14(23-2)10-15(9-13)24-18-5-6-20-17-4-3-12(19)7-16(17)18/h3-10H,1-2H3,(H,21,22). The van der Waals surface area contributed by atoms with E-state index in [1.807, 2.05) is 6.07 Å². The lowest BCUT2D eigenvalue weighted by Crippen LogP contribution is -2.06. The minimum Gasteiger partial charge on any atom is -0.497 e. The van der Waals surface area contributed by atoms with Crippen molar-refractivity contribution in [3.8, 4) is 17.2 Å². The Labute approximate surface area is 144 Å². The molecule has 5 nitrogen and oxygen atoms in total. The minimum absolute atomic E-state index is 0.171. The molecule has 122 valence electrons. The molecule has 3 aromatic rings. The number of hydrogen-bond donors (Lipinski definition) is 1. The lowest BCUT2D eigenvalue weighted by molar-refractivity contribution is -0.114. The molecule has 0 bridgehead atoms. The van der Waals surface area contributed by atoms with Gasteiger partial charge in [0.1, 0.15) is 17.2 Å². The second kappa shape index (κ2) is 6.76. The number of benzene rings is 2. The fourth-order valence-corrected chi connectivity index (χ4v) is 2.51. The van der Waals surface area contributed by atoms with E-state index in [4.69, 9.17) is 21.1 Å². The van der Waals surface area contributed by atoms with Crippen molar-refractivity contribution < 1.29 is 14.3 Å². The Morgan fingerprint density at radius 2 is 1.92 bits per heavy atom. The van der Waals surface area contributed by atoms with Gasteiger partial charge < -0.3 is 14.8 Å². The summed E-state index contributed by atoms with van der Waals surface area (Å²) in [4.78, 5) is 15.6. The predicted octanol–water partition coefficient (Wildman–Crippen LogP) is 4.65. The van der Waals surface area contributed by atoms with Gasteiger partial charge in [-0.1, -0.05) is 11.6 Å². The van der Waals surface area contributed by atoms with E-state index in [2.05, 4.69) is 10.3 Å². The number of aromatic nitrogens is 1. The van der Waals surface area contributed by atoms with Gasteiger partial charge in [-0.25, -0.2) is 0 Å². The van der Waals surface area contributed by atoms with Crippen molar-refractivity contribution in [2.45, 2.75) is 6.92 Å². The molecule has 0 fully saturated rings. The Morgan fingerprint density at radius 3 is 2.67 bits per heavy atom. The second-order valence-corrected chi connectivity index (χ2v) is 5.59. The number of methoxy groups -OCH3 is 1. The topological polar surface area (TPSA) is 60.5 Å². The van der Waals surface area contributed by atoms with Gasteiger partial charge in [0, 0.05) is 47.4 Å². The molecular weight excluding hydrogens is 328 g/mol. The van der Waals surface area contributed by atoms with E-state index in [0.29, 0.717) is 28.0 Å². The van der Waals surface area contributed by atoms with Gasteiger partial charge in [-0.15, -0.1) is 0 Å². The van der Waals surface area contributed by atoms with Crippen molar-refractivity contribution in [3.05, 3.63) is 53.7 Å². The summed E-state index contributed by atoms with van der Waals surface area (Å²) >= 11 is 6.07. The number of fused-ring (bicyclic) bond motifs is 1. The molecule has 1 amide bonds. The molecule has 0 aliphatic rings. The van der Waals surface area contributed by atoms with Crippen LogP contribution in [-0.2, 0) is 4.79 Å². The number of halogens is 1. The molecule has 3 rings (SSSR count). The van der Waals surface area contributed by atoms with Crippen molar-refractivity contribution in [3.63, 3.8) is 0 Å². The van der Waals surface area contributed by atoms with Crippen LogP contribution in [0.3, 0.4) is 0 Å². The van der Waals surface area contributed by atoms with Crippen LogP contribution in [0.5, 0.6) is 17.2 Å². The van der Waals surface area contributed by atoms with Crippen LogP contribution >= 0.6 is 11.6 Å². The van der Waals surface area contributed by atoms with E-state index in [0.717, 1.165) is 10.9 Å². The summed E-state index contributed by atoms with van der Waals surface area (Å²) in [7, 11) is 1.55. The van der Waals surface area contributed by atoms with Gasteiger partial charge in [-0.3, -0.25) is 9.78 Å². The summed E-state index contributed by atoms with van der Waals surface area (Å²) in [5, 5.41) is 4.12. The zero-order valence-electron chi connectivity index (χ0n) is 13.2. The van der Waals surface area contributed by atoms with Crippen molar-refractivity contribution in [2.75, 3.05) is 12.4 Å². The summed E-state index contributed by atoms with van der Waals surface area (Å²) in [6.45, 7) is 1.44. The van der Waals surface area contributed by atoms with E-state index >= 15 is 0 Å². The quantitative estimate of drug-likeness (QED) is 0.749. The number of rotatable bonds is 4. The molecule has 0 atom stereocenters. The van der Waals surface area contributed by atoms with Crippen molar-refractivity contribution in [2.24, 2.45) is 0 Å². The molecule has 6 heteroatoms. The van der Waals surface area contributed by atoms with Gasteiger partial charge in [-0.05, 0) is 24.3 Å². The molecule has 1 heterocycles. The SMILES string of the molecule is COc1cc(NC(C)=O)cc(Oc2ccnc3ccc(Cl)cc23)c1. The van der Waals surface area contributed by atoms with Crippen LogP contribution in [0.25, 0.3) is 10.9 Å². The van der Waals surface area contributed by atoms with Crippen LogP contribution in [0, 0.1) is 0 Å². The second-order valence-electron chi connectivity index (χ2n) is 5.15. The number of carbonyl (C=O) groups is 1. The molecule has 0 saturated heterocycles. The lowest BCUT2D eigenvalue weighted by atomic mass is 10.2. The zero-order chi connectivity index (χ0) is 17.1. The normalized spacial score (nSPS) is 10.5.